The Kier molecular flexibility index (Phi) is 4.76. The second kappa shape index (κ2) is 7.13. The van der Waals surface area contributed by atoms with Gasteiger partial charge in [-0.1, -0.05) is 18.2 Å². The molecule has 1 aromatic heterocycles. The number of nitrogens with zero attached hydrogens (tertiary/aromatic N) is 2. The van der Waals surface area contributed by atoms with Gasteiger partial charge in [0.1, 0.15) is 17.3 Å². The number of carbonyl (C=O) groups excluding carboxylic acids is 1. The summed E-state index contributed by atoms with van der Waals surface area (Å²) >= 11 is 0. The number of methoxy groups -OCH3 is 1. The first-order chi connectivity index (χ1) is 11.3. The number of piperidine rings is 1. The Morgan fingerprint density at radius 2 is 1.87 bits per heavy atom. The normalized spacial score (nSPS) is 14.4. The van der Waals surface area contributed by atoms with Gasteiger partial charge in [0.25, 0.3) is 5.91 Å². The fourth-order valence-electron chi connectivity index (χ4n) is 2.78. The molecule has 0 spiro atoms. The van der Waals surface area contributed by atoms with Crippen LogP contribution >= 0.6 is 0 Å². The van der Waals surface area contributed by atoms with Crippen LogP contribution in [0.4, 0.5) is 11.5 Å². The van der Waals surface area contributed by atoms with E-state index in [0.717, 1.165) is 18.9 Å². The number of hydrogen-bond donors (Lipinski definition) is 1. The molecule has 5 heteroatoms. The fourth-order valence-corrected chi connectivity index (χ4v) is 2.78. The molecule has 23 heavy (non-hydrogen) atoms. The van der Waals surface area contributed by atoms with Crippen molar-refractivity contribution in [3.05, 3.63) is 48.2 Å². The molecule has 5 nitrogen and oxygen atoms in total. The summed E-state index contributed by atoms with van der Waals surface area (Å²) in [5.41, 5.74) is 1.06. The number of benzene rings is 1. The lowest BCUT2D eigenvalue weighted by atomic mass is 10.1. The monoisotopic (exact) mass is 311 g/mol. The van der Waals surface area contributed by atoms with Gasteiger partial charge in [0.05, 0.1) is 12.8 Å². The number of ether oxygens (including phenoxy) is 1. The zero-order valence-electron chi connectivity index (χ0n) is 13.3. The average molecular weight is 311 g/mol. The maximum Gasteiger partial charge on any atom is 0.274 e. The van der Waals surface area contributed by atoms with Crippen LogP contribution in [0.3, 0.4) is 0 Å². The molecule has 1 aliphatic heterocycles. The molecule has 0 unspecified atom stereocenters. The number of nitrogens with one attached hydrogen (secondary N) is 1. The van der Waals surface area contributed by atoms with Gasteiger partial charge in [0.15, 0.2) is 0 Å². The topological polar surface area (TPSA) is 54.5 Å². The summed E-state index contributed by atoms with van der Waals surface area (Å²) in [7, 11) is 1.58. The number of hydrogen-bond acceptors (Lipinski definition) is 4. The van der Waals surface area contributed by atoms with Gasteiger partial charge in [0, 0.05) is 13.1 Å². The molecule has 1 N–H and O–H groups in total. The van der Waals surface area contributed by atoms with Crippen LogP contribution in [0, 0.1) is 0 Å². The van der Waals surface area contributed by atoms with Crippen molar-refractivity contribution < 1.29 is 9.53 Å². The third-order valence-electron chi connectivity index (χ3n) is 4.00. The smallest absolute Gasteiger partial charge is 0.274 e. The number of aromatic nitrogens is 1. The summed E-state index contributed by atoms with van der Waals surface area (Å²) in [4.78, 5) is 19.2. The van der Waals surface area contributed by atoms with Crippen molar-refractivity contribution >= 4 is 17.4 Å². The Hall–Kier alpha value is -2.56. The third kappa shape index (κ3) is 3.62. The molecular weight excluding hydrogens is 290 g/mol. The molecule has 1 aliphatic rings. The summed E-state index contributed by atoms with van der Waals surface area (Å²) in [5, 5.41) is 2.86. The average Bonchev–Trinajstić information content (AvgIpc) is 2.63. The Labute approximate surface area is 136 Å². The molecule has 0 bridgehead atoms. The molecule has 1 amide bonds. The summed E-state index contributed by atoms with van der Waals surface area (Å²) in [5.74, 6) is 1.28. The zero-order valence-corrected chi connectivity index (χ0v) is 13.3. The lowest BCUT2D eigenvalue weighted by molar-refractivity contribution is 0.102. The van der Waals surface area contributed by atoms with E-state index >= 15 is 0 Å². The Balaban J connectivity index is 1.77. The number of rotatable bonds is 4. The summed E-state index contributed by atoms with van der Waals surface area (Å²) in [6.07, 6.45) is 3.63. The Bertz CT molecular complexity index is 681. The van der Waals surface area contributed by atoms with Crippen molar-refractivity contribution in [2.45, 2.75) is 19.3 Å². The van der Waals surface area contributed by atoms with E-state index in [1.54, 1.807) is 13.2 Å². The van der Waals surface area contributed by atoms with Gasteiger partial charge < -0.3 is 15.0 Å². The first-order valence-electron chi connectivity index (χ1n) is 7.94. The van der Waals surface area contributed by atoms with Crippen molar-refractivity contribution in [2.75, 3.05) is 30.4 Å². The van der Waals surface area contributed by atoms with E-state index in [4.69, 9.17) is 4.74 Å². The van der Waals surface area contributed by atoms with Crippen molar-refractivity contribution in [3.8, 4) is 5.75 Å². The van der Waals surface area contributed by atoms with Gasteiger partial charge in [-0.25, -0.2) is 4.98 Å². The van der Waals surface area contributed by atoms with Crippen molar-refractivity contribution in [2.24, 2.45) is 0 Å². The van der Waals surface area contributed by atoms with Crippen LogP contribution in [-0.4, -0.2) is 31.1 Å². The highest BCUT2D eigenvalue weighted by molar-refractivity contribution is 6.03. The highest BCUT2D eigenvalue weighted by Crippen LogP contribution is 2.24. The highest BCUT2D eigenvalue weighted by Gasteiger charge is 2.15. The molecule has 120 valence electrons. The Morgan fingerprint density at radius 3 is 2.65 bits per heavy atom. The van der Waals surface area contributed by atoms with Crippen molar-refractivity contribution in [1.82, 2.24) is 4.98 Å². The van der Waals surface area contributed by atoms with Gasteiger partial charge in [-0.05, 0) is 43.5 Å². The molecular formula is C18H21N3O2. The van der Waals surface area contributed by atoms with E-state index in [0.29, 0.717) is 17.1 Å². The van der Waals surface area contributed by atoms with Crippen molar-refractivity contribution in [1.29, 1.82) is 0 Å². The first-order valence-corrected chi connectivity index (χ1v) is 7.94. The van der Waals surface area contributed by atoms with E-state index < -0.39 is 0 Å². The number of pyridine rings is 1. The number of para-hydroxylation sites is 2. The van der Waals surface area contributed by atoms with Crippen LogP contribution in [-0.2, 0) is 0 Å². The third-order valence-corrected chi connectivity index (χ3v) is 4.00. The molecule has 2 aromatic rings. The van der Waals surface area contributed by atoms with Crippen LogP contribution < -0.4 is 15.0 Å². The standard InChI is InChI=1S/C18H21N3O2/c1-23-16-10-4-3-8-14(16)20-18(22)15-9-7-11-17(19-15)21-12-5-2-6-13-21/h3-4,7-11H,2,5-6,12-13H2,1H3,(H,20,22). The number of anilines is 2. The second-order valence-electron chi connectivity index (χ2n) is 5.58. The van der Waals surface area contributed by atoms with Gasteiger partial charge in [0.2, 0.25) is 0 Å². The van der Waals surface area contributed by atoms with Gasteiger partial charge >= 0.3 is 0 Å². The van der Waals surface area contributed by atoms with Gasteiger partial charge in [-0.2, -0.15) is 0 Å². The molecule has 1 saturated heterocycles. The predicted molar refractivity (Wildman–Crippen MR) is 91.2 cm³/mol. The minimum Gasteiger partial charge on any atom is -0.495 e. The lowest BCUT2D eigenvalue weighted by Crippen LogP contribution is -2.30. The van der Waals surface area contributed by atoms with E-state index in [1.165, 1.54) is 19.3 Å². The Morgan fingerprint density at radius 1 is 1.09 bits per heavy atom. The molecule has 0 aliphatic carbocycles. The van der Waals surface area contributed by atoms with Crippen LogP contribution in [0.25, 0.3) is 0 Å². The minimum atomic E-state index is -0.228. The highest BCUT2D eigenvalue weighted by atomic mass is 16.5. The SMILES string of the molecule is COc1ccccc1NC(=O)c1cccc(N2CCCCC2)n1. The minimum absolute atomic E-state index is 0.228. The molecule has 0 saturated carbocycles. The van der Waals surface area contributed by atoms with Crippen LogP contribution in [0.2, 0.25) is 0 Å². The molecule has 3 rings (SSSR count). The van der Waals surface area contributed by atoms with E-state index in [-0.39, 0.29) is 5.91 Å². The molecule has 0 atom stereocenters. The van der Waals surface area contributed by atoms with Crippen LogP contribution in [0.5, 0.6) is 5.75 Å². The van der Waals surface area contributed by atoms with Crippen molar-refractivity contribution in [3.63, 3.8) is 0 Å². The van der Waals surface area contributed by atoms with E-state index in [1.807, 2.05) is 36.4 Å². The van der Waals surface area contributed by atoms with Gasteiger partial charge in [-0.15, -0.1) is 0 Å². The fraction of sp³-hybridized carbons (Fsp3) is 0.333. The van der Waals surface area contributed by atoms with Crippen LogP contribution in [0.15, 0.2) is 42.5 Å². The molecule has 1 fully saturated rings. The van der Waals surface area contributed by atoms with E-state index in [2.05, 4.69) is 15.2 Å². The van der Waals surface area contributed by atoms with Crippen LogP contribution in [0.1, 0.15) is 29.8 Å². The predicted octanol–water partition coefficient (Wildman–Crippen LogP) is 3.33. The maximum absolute atomic E-state index is 12.5. The number of amides is 1. The lowest BCUT2D eigenvalue weighted by Gasteiger charge is -2.27. The summed E-state index contributed by atoms with van der Waals surface area (Å²) in [6.45, 7) is 2.01. The van der Waals surface area contributed by atoms with Gasteiger partial charge in [-0.3, -0.25) is 4.79 Å². The first kappa shape index (κ1) is 15.3. The zero-order chi connectivity index (χ0) is 16.1. The molecule has 1 aromatic carbocycles. The maximum atomic E-state index is 12.5. The summed E-state index contributed by atoms with van der Waals surface area (Å²) in [6, 6.07) is 12.9. The van der Waals surface area contributed by atoms with E-state index in [9.17, 15) is 4.79 Å². The quantitative estimate of drug-likeness (QED) is 0.941. The molecule has 2 heterocycles. The summed E-state index contributed by atoms with van der Waals surface area (Å²) < 4.78 is 5.26. The number of carbonyl (C=O) groups is 1. The molecule has 0 radical (unpaired) electrons. The second-order valence-corrected chi connectivity index (χ2v) is 5.58. The largest absolute Gasteiger partial charge is 0.495 e.